The number of carboxylic acid groups (broad SMARTS) is 4. The second-order valence-corrected chi connectivity index (χ2v) is 18.1. The molecule has 2 aromatic rings. The molecule has 0 heterocycles. The van der Waals surface area contributed by atoms with Gasteiger partial charge >= 0.3 is 23.9 Å². The molecule has 0 radical (unpaired) electrons. The minimum Gasteiger partial charge on any atom is -0.508 e. The zero-order chi connectivity index (χ0) is 44.1. The van der Waals surface area contributed by atoms with Gasteiger partial charge in [-0.25, -0.2) is 0 Å². The summed E-state index contributed by atoms with van der Waals surface area (Å²) in [6.07, 6.45) is 20.0. The molecule has 0 saturated heterocycles. The molecule has 12 nitrogen and oxygen atoms in total. The first-order chi connectivity index (χ1) is 28.6. The van der Waals surface area contributed by atoms with Crippen molar-refractivity contribution in [2.45, 2.75) is 181 Å². The molecule has 4 aliphatic rings. The van der Waals surface area contributed by atoms with E-state index in [4.69, 9.17) is 0 Å². The van der Waals surface area contributed by atoms with E-state index in [1.54, 1.807) is 12.1 Å². The van der Waals surface area contributed by atoms with Crippen molar-refractivity contribution in [3.05, 3.63) is 46.5 Å². The highest BCUT2D eigenvalue weighted by Gasteiger charge is 2.51. The second-order valence-electron chi connectivity index (χ2n) is 18.1. The van der Waals surface area contributed by atoms with Gasteiger partial charge in [-0.05, 0) is 163 Å². The van der Waals surface area contributed by atoms with E-state index in [0.29, 0.717) is 60.8 Å². The minimum absolute atomic E-state index is 0.0594. The SMILES string of the molecule is CC.O=C(O)C1(CCCCCc2cc(O)c(CCCCC3(C(=O)O)CC3)cc2O)CC1.O=C(O)C1(CCCCCc2ccc(CCCCC3(C(=O)O)CC3)c(O)c2O)CC1. The molecule has 4 aliphatic carbocycles. The number of hydrogen-bond donors (Lipinski definition) is 8. The zero-order valence-corrected chi connectivity index (χ0v) is 35.9. The van der Waals surface area contributed by atoms with Crippen LogP contribution in [0.1, 0.15) is 177 Å². The van der Waals surface area contributed by atoms with E-state index in [0.717, 1.165) is 128 Å². The number of benzene rings is 2. The van der Waals surface area contributed by atoms with Gasteiger partial charge in [0.1, 0.15) is 11.5 Å². The van der Waals surface area contributed by atoms with Crippen LogP contribution in [0.4, 0.5) is 0 Å². The molecule has 0 unspecified atom stereocenters. The van der Waals surface area contributed by atoms with Gasteiger partial charge in [0.25, 0.3) is 0 Å². The molecule has 0 aromatic heterocycles. The fourth-order valence-electron chi connectivity index (χ4n) is 8.49. The molecular formula is C48H70O12. The third kappa shape index (κ3) is 13.0. The molecule has 334 valence electrons. The number of aromatic hydroxyl groups is 4. The quantitative estimate of drug-likeness (QED) is 0.0251. The number of hydrogen-bond acceptors (Lipinski definition) is 8. The largest absolute Gasteiger partial charge is 0.508 e. The van der Waals surface area contributed by atoms with Crippen LogP contribution in [0.15, 0.2) is 24.3 Å². The molecule has 0 aliphatic heterocycles. The monoisotopic (exact) mass is 838 g/mol. The predicted molar refractivity (Wildman–Crippen MR) is 228 cm³/mol. The van der Waals surface area contributed by atoms with E-state index in [-0.39, 0.29) is 23.0 Å². The molecule has 4 saturated carbocycles. The summed E-state index contributed by atoms with van der Waals surface area (Å²) in [6, 6.07) is 6.95. The Labute approximate surface area is 355 Å². The highest BCUT2D eigenvalue weighted by molar-refractivity contribution is 5.79. The van der Waals surface area contributed by atoms with E-state index < -0.39 is 45.5 Å². The van der Waals surface area contributed by atoms with Gasteiger partial charge in [0.15, 0.2) is 11.5 Å². The fourth-order valence-corrected chi connectivity index (χ4v) is 8.49. The lowest BCUT2D eigenvalue weighted by Crippen LogP contribution is -2.14. The van der Waals surface area contributed by atoms with Crippen LogP contribution in [0.3, 0.4) is 0 Å². The van der Waals surface area contributed by atoms with Crippen molar-refractivity contribution >= 4 is 23.9 Å². The van der Waals surface area contributed by atoms with Crippen molar-refractivity contribution in [2.75, 3.05) is 0 Å². The summed E-state index contributed by atoms with van der Waals surface area (Å²) in [7, 11) is 0. The smallest absolute Gasteiger partial charge is 0.309 e. The van der Waals surface area contributed by atoms with Gasteiger partial charge in [0.2, 0.25) is 0 Å². The predicted octanol–water partition coefficient (Wildman–Crippen LogP) is 10.3. The number of phenolic OH excluding ortho intramolecular Hbond substituents is 4. The molecule has 0 atom stereocenters. The van der Waals surface area contributed by atoms with Crippen LogP contribution in [0.25, 0.3) is 0 Å². The Hall–Kier alpha value is -4.48. The number of unbranched alkanes of at least 4 members (excludes halogenated alkanes) is 6. The molecule has 60 heavy (non-hydrogen) atoms. The van der Waals surface area contributed by atoms with Gasteiger partial charge in [-0.3, -0.25) is 19.2 Å². The average Bonchev–Trinajstić information content (AvgIpc) is 4.02. The van der Waals surface area contributed by atoms with Crippen molar-refractivity contribution < 1.29 is 60.0 Å². The molecule has 0 bridgehead atoms. The fraction of sp³-hybridized carbons (Fsp3) is 0.667. The highest BCUT2D eigenvalue weighted by atomic mass is 16.4. The second kappa shape index (κ2) is 21.4. The number of aryl methyl sites for hydroxylation is 4. The number of phenols is 4. The molecule has 6 rings (SSSR count). The molecule has 8 N–H and O–H groups in total. The van der Waals surface area contributed by atoms with Gasteiger partial charge in [-0.1, -0.05) is 64.5 Å². The lowest BCUT2D eigenvalue weighted by atomic mass is 9.95. The van der Waals surface area contributed by atoms with Crippen LogP contribution in [0, 0.1) is 21.7 Å². The van der Waals surface area contributed by atoms with Crippen LogP contribution in [0.2, 0.25) is 0 Å². The van der Waals surface area contributed by atoms with Gasteiger partial charge in [-0.15, -0.1) is 0 Å². The van der Waals surface area contributed by atoms with E-state index in [1.807, 2.05) is 26.0 Å². The van der Waals surface area contributed by atoms with Gasteiger partial charge in [-0.2, -0.15) is 0 Å². The maximum absolute atomic E-state index is 11.2. The molecule has 12 heteroatoms. The van der Waals surface area contributed by atoms with Crippen molar-refractivity contribution in [1.82, 2.24) is 0 Å². The minimum atomic E-state index is -0.697. The van der Waals surface area contributed by atoms with Crippen molar-refractivity contribution in [1.29, 1.82) is 0 Å². The summed E-state index contributed by atoms with van der Waals surface area (Å²) in [5.41, 5.74) is 0.890. The van der Waals surface area contributed by atoms with Crippen molar-refractivity contribution in [2.24, 2.45) is 21.7 Å². The average molecular weight is 839 g/mol. The van der Waals surface area contributed by atoms with Crippen LogP contribution in [0.5, 0.6) is 23.0 Å². The topological polar surface area (TPSA) is 230 Å². The first-order valence-corrected chi connectivity index (χ1v) is 22.6. The summed E-state index contributed by atoms with van der Waals surface area (Å²) < 4.78 is 0. The maximum Gasteiger partial charge on any atom is 0.309 e. The Morgan fingerprint density at radius 1 is 0.400 bits per heavy atom. The van der Waals surface area contributed by atoms with Crippen LogP contribution >= 0.6 is 0 Å². The van der Waals surface area contributed by atoms with Crippen LogP contribution < -0.4 is 0 Å². The van der Waals surface area contributed by atoms with Gasteiger partial charge in [0.05, 0.1) is 21.7 Å². The Balaban J connectivity index is 0.000000254. The Kier molecular flexibility index (Phi) is 17.1. The van der Waals surface area contributed by atoms with Crippen LogP contribution in [-0.2, 0) is 44.9 Å². The van der Waals surface area contributed by atoms with Crippen LogP contribution in [-0.4, -0.2) is 64.7 Å². The normalized spacial score (nSPS) is 17.8. The Morgan fingerprint density at radius 3 is 0.883 bits per heavy atom. The summed E-state index contributed by atoms with van der Waals surface area (Å²) in [6.45, 7) is 4.00. The van der Waals surface area contributed by atoms with Gasteiger partial charge in [0, 0.05) is 0 Å². The third-order valence-electron chi connectivity index (χ3n) is 13.7. The molecule has 4 fully saturated rings. The number of rotatable bonds is 26. The lowest BCUT2D eigenvalue weighted by Gasteiger charge is -2.12. The van der Waals surface area contributed by atoms with Crippen molar-refractivity contribution in [3.63, 3.8) is 0 Å². The summed E-state index contributed by atoms with van der Waals surface area (Å²) >= 11 is 0. The molecule has 0 spiro atoms. The highest BCUT2D eigenvalue weighted by Crippen LogP contribution is 2.52. The molecular weight excluding hydrogens is 769 g/mol. The standard InChI is InChI=1S/2C23H32O6.C2H6/c24-18-16(6-2-1-4-10-22(12-13-22)20(26)27)8-9-17(19(18)25)7-3-5-11-23(14-15-23)21(28)29;24-18-15-17(7-3-5-9-23(12-13-23)21(28)29)19(25)14-16(18)6-2-1-4-8-22(10-11-22)20(26)27;1-2/h8-9,24-25H,1-7,10-15H2,(H,26,27)(H,28,29);14-15,24-25H,1-13H2,(H,26,27)(H,28,29);1-2H3. The Morgan fingerprint density at radius 2 is 0.633 bits per heavy atom. The van der Waals surface area contributed by atoms with E-state index in [9.17, 15) is 60.0 Å². The van der Waals surface area contributed by atoms with Gasteiger partial charge < -0.3 is 40.9 Å². The van der Waals surface area contributed by atoms with E-state index >= 15 is 0 Å². The first kappa shape index (κ1) is 48.2. The number of carboxylic acids is 4. The lowest BCUT2D eigenvalue weighted by molar-refractivity contribution is -0.144. The number of carbonyl (C=O) groups is 4. The summed E-state index contributed by atoms with van der Waals surface area (Å²) in [4.78, 5) is 44.7. The van der Waals surface area contributed by atoms with Crippen molar-refractivity contribution in [3.8, 4) is 23.0 Å². The van der Waals surface area contributed by atoms with E-state index in [1.165, 1.54) is 0 Å². The molecule has 0 amide bonds. The summed E-state index contributed by atoms with van der Waals surface area (Å²) in [5, 5.41) is 78.0. The number of aliphatic carboxylic acids is 4. The Bertz CT molecular complexity index is 1710. The molecule has 2 aromatic carbocycles. The summed E-state index contributed by atoms with van der Waals surface area (Å²) in [5.74, 6) is -2.50. The third-order valence-corrected chi connectivity index (χ3v) is 13.7. The first-order valence-electron chi connectivity index (χ1n) is 22.6. The van der Waals surface area contributed by atoms with E-state index in [2.05, 4.69) is 0 Å². The maximum atomic E-state index is 11.2. The zero-order valence-electron chi connectivity index (χ0n) is 35.9.